The molecule has 0 aliphatic carbocycles. The molecule has 3 heterocycles. The maximum atomic E-state index is 13.2. The predicted octanol–water partition coefficient (Wildman–Crippen LogP) is 4.40. The van der Waals surface area contributed by atoms with E-state index in [9.17, 15) is 13.6 Å². The molecule has 0 radical (unpaired) electrons. The SMILES string of the molecule is CC(C)C.O=c1[nH]cnc2c1c(-c1ccc(OC(F)(F)CO)cc1)cn2-c1cccnc1. The van der Waals surface area contributed by atoms with Crippen molar-refractivity contribution in [2.24, 2.45) is 5.92 Å². The first-order valence-electron chi connectivity index (χ1n) is 9.99. The van der Waals surface area contributed by atoms with Crippen molar-refractivity contribution in [2.75, 3.05) is 6.61 Å². The Morgan fingerprint density at radius 2 is 1.88 bits per heavy atom. The van der Waals surface area contributed by atoms with Gasteiger partial charge in [-0.3, -0.25) is 14.3 Å². The van der Waals surface area contributed by atoms with Gasteiger partial charge in [-0.1, -0.05) is 32.9 Å². The van der Waals surface area contributed by atoms with E-state index in [2.05, 4.69) is 40.5 Å². The van der Waals surface area contributed by atoms with Crippen LogP contribution >= 0.6 is 0 Å². The third kappa shape index (κ3) is 5.36. The minimum Gasteiger partial charge on any atom is -0.431 e. The first-order valence-corrected chi connectivity index (χ1v) is 9.99. The van der Waals surface area contributed by atoms with E-state index >= 15 is 0 Å². The topological polar surface area (TPSA) is 93.0 Å². The quantitative estimate of drug-likeness (QED) is 0.478. The van der Waals surface area contributed by atoms with Crippen LogP contribution < -0.4 is 10.3 Å². The summed E-state index contributed by atoms with van der Waals surface area (Å²) >= 11 is 0. The number of hydrogen-bond acceptors (Lipinski definition) is 5. The fraction of sp³-hybridized carbons (Fsp3) is 0.261. The molecule has 168 valence electrons. The molecule has 3 aromatic heterocycles. The average Bonchev–Trinajstić information content (AvgIpc) is 3.15. The van der Waals surface area contributed by atoms with Crippen LogP contribution in [0.2, 0.25) is 0 Å². The summed E-state index contributed by atoms with van der Waals surface area (Å²) in [5.41, 5.74) is 2.03. The average molecular weight is 442 g/mol. The van der Waals surface area contributed by atoms with E-state index in [1.54, 1.807) is 41.4 Å². The molecule has 0 unspecified atom stereocenters. The lowest BCUT2D eigenvalue weighted by Gasteiger charge is -2.15. The lowest BCUT2D eigenvalue weighted by Crippen LogP contribution is -2.28. The first-order chi connectivity index (χ1) is 15.2. The number of rotatable bonds is 5. The van der Waals surface area contributed by atoms with Gasteiger partial charge in [-0.25, -0.2) is 4.98 Å². The molecule has 0 saturated heterocycles. The molecule has 7 nitrogen and oxygen atoms in total. The zero-order valence-electron chi connectivity index (χ0n) is 17.9. The van der Waals surface area contributed by atoms with Gasteiger partial charge in [-0.15, -0.1) is 0 Å². The lowest BCUT2D eigenvalue weighted by molar-refractivity contribution is -0.200. The summed E-state index contributed by atoms with van der Waals surface area (Å²) in [5.74, 6) is 0.728. The summed E-state index contributed by atoms with van der Waals surface area (Å²) in [6.07, 6.45) is 2.66. The van der Waals surface area contributed by atoms with Crippen molar-refractivity contribution < 1.29 is 18.6 Å². The minimum atomic E-state index is -3.67. The van der Waals surface area contributed by atoms with E-state index in [0.29, 0.717) is 22.2 Å². The maximum absolute atomic E-state index is 13.2. The van der Waals surface area contributed by atoms with Crippen LogP contribution in [0.15, 0.2) is 66.1 Å². The van der Waals surface area contributed by atoms with Gasteiger partial charge in [0.1, 0.15) is 12.4 Å². The summed E-state index contributed by atoms with van der Waals surface area (Å²) in [7, 11) is 0. The Hall–Kier alpha value is -3.59. The molecule has 9 heteroatoms. The van der Waals surface area contributed by atoms with E-state index in [-0.39, 0.29) is 11.3 Å². The molecule has 0 spiro atoms. The Bertz CT molecular complexity index is 1220. The monoisotopic (exact) mass is 442 g/mol. The largest absolute Gasteiger partial charge is 0.431 e. The molecule has 4 aromatic rings. The third-order valence-electron chi connectivity index (χ3n) is 4.13. The second kappa shape index (κ2) is 9.69. The molecule has 1 aromatic carbocycles. The molecular weight excluding hydrogens is 418 g/mol. The number of pyridine rings is 1. The molecule has 0 amide bonds. The standard InChI is InChI=1S/C19H14F2N4O3.C4H10/c20-19(21,10-26)28-14-5-3-12(4-6-14)15-9-25(13-2-1-7-22-8-13)17-16(15)18(27)24-11-23-17;1-4(2)3/h1-9,11,26H,10H2,(H,23,24,27);4H,1-3H3. The minimum absolute atomic E-state index is 0.106. The molecule has 0 atom stereocenters. The number of aromatic amines is 1. The number of H-pyrrole nitrogens is 1. The van der Waals surface area contributed by atoms with Gasteiger partial charge in [0.2, 0.25) is 0 Å². The van der Waals surface area contributed by atoms with E-state index in [4.69, 9.17) is 5.11 Å². The summed E-state index contributed by atoms with van der Waals surface area (Å²) in [6, 6.07) is 9.39. The van der Waals surface area contributed by atoms with Gasteiger partial charge in [0.05, 0.1) is 23.6 Å². The Morgan fingerprint density at radius 3 is 2.47 bits per heavy atom. The maximum Gasteiger partial charge on any atom is 0.421 e. The number of aliphatic hydroxyl groups is 1. The highest BCUT2D eigenvalue weighted by Crippen LogP contribution is 2.31. The van der Waals surface area contributed by atoms with Crippen LogP contribution in [0.5, 0.6) is 5.75 Å². The predicted molar refractivity (Wildman–Crippen MR) is 118 cm³/mol. The highest BCUT2D eigenvalue weighted by atomic mass is 19.3. The van der Waals surface area contributed by atoms with Gasteiger partial charge in [-0.05, 0) is 35.7 Å². The summed E-state index contributed by atoms with van der Waals surface area (Å²) < 4.78 is 32.5. The number of aromatic nitrogens is 4. The number of ether oxygens (including phenoxy) is 1. The van der Waals surface area contributed by atoms with Crippen molar-refractivity contribution in [3.63, 3.8) is 0 Å². The summed E-state index contributed by atoms with van der Waals surface area (Å²) in [6.45, 7) is 5.08. The molecule has 0 saturated carbocycles. The first kappa shape index (κ1) is 23.1. The van der Waals surface area contributed by atoms with Crippen LogP contribution in [0.3, 0.4) is 0 Å². The van der Waals surface area contributed by atoms with Crippen molar-refractivity contribution in [3.8, 4) is 22.6 Å². The van der Waals surface area contributed by atoms with Crippen molar-refractivity contribution in [3.05, 3.63) is 71.7 Å². The van der Waals surface area contributed by atoms with Gasteiger partial charge in [0.25, 0.3) is 5.56 Å². The van der Waals surface area contributed by atoms with Crippen LogP contribution in [-0.4, -0.2) is 37.3 Å². The molecule has 2 N–H and O–H groups in total. The normalized spacial score (nSPS) is 11.3. The van der Waals surface area contributed by atoms with E-state index in [1.165, 1.54) is 18.5 Å². The molecule has 0 bridgehead atoms. The Kier molecular flexibility index (Phi) is 6.99. The number of benzene rings is 1. The number of aliphatic hydroxyl groups excluding tert-OH is 1. The molecule has 32 heavy (non-hydrogen) atoms. The van der Waals surface area contributed by atoms with E-state index in [1.807, 2.05) is 6.07 Å². The Morgan fingerprint density at radius 1 is 1.19 bits per heavy atom. The summed E-state index contributed by atoms with van der Waals surface area (Å²) in [4.78, 5) is 23.3. The van der Waals surface area contributed by atoms with Crippen molar-refractivity contribution in [1.82, 2.24) is 19.5 Å². The molecular formula is C23H24F2N4O3. The van der Waals surface area contributed by atoms with Crippen LogP contribution in [0.25, 0.3) is 27.8 Å². The summed E-state index contributed by atoms with van der Waals surface area (Å²) in [5, 5.41) is 8.98. The number of nitrogens with one attached hydrogen (secondary N) is 1. The molecule has 0 aliphatic rings. The van der Waals surface area contributed by atoms with Crippen molar-refractivity contribution in [1.29, 1.82) is 0 Å². The van der Waals surface area contributed by atoms with Crippen LogP contribution in [0, 0.1) is 5.92 Å². The molecule has 4 rings (SSSR count). The molecule has 0 aliphatic heterocycles. The van der Waals surface area contributed by atoms with E-state index in [0.717, 1.165) is 11.6 Å². The molecule has 0 fully saturated rings. The van der Waals surface area contributed by atoms with Crippen LogP contribution in [-0.2, 0) is 0 Å². The number of hydrogen-bond donors (Lipinski definition) is 2. The van der Waals surface area contributed by atoms with Crippen LogP contribution in [0.4, 0.5) is 8.78 Å². The van der Waals surface area contributed by atoms with Crippen LogP contribution in [0.1, 0.15) is 20.8 Å². The highest BCUT2D eigenvalue weighted by molar-refractivity contribution is 5.94. The van der Waals surface area contributed by atoms with Crippen molar-refractivity contribution >= 4 is 11.0 Å². The van der Waals surface area contributed by atoms with Gasteiger partial charge in [0.15, 0.2) is 5.65 Å². The number of alkyl halides is 2. The van der Waals surface area contributed by atoms with Gasteiger partial charge in [-0.2, -0.15) is 8.78 Å². The highest BCUT2D eigenvalue weighted by Gasteiger charge is 2.30. The van der Waals surface area contributed by atoms with Gasteiger partial charge in [0, 0.05) is 18.0 Å². The van der Waals surface area contributed by atoms with Crippen molar-refractivity contribution in [2.45, 2.75) is 26.9 Å². The van der Waals surface area contributed by atoms with Gasteiger partial charge >= 0.3 is 6.11 Å². The lowest BCUT2D eigenvalue weighted by atomic mass is 10.1. The van der Waals surface area contributed by atoms with Gasteiger partial charge < -0.3 is 14.8 Å². The number of halogens is 2. The zero-order valence-corrected chi connectivity index (χ0v) is 17.9. The Labute approximate surface area is 183 Å². The number of nitrogens with zero attached hydrogens (tertiary/aromatic N) is 3. The third-order valence-corrected chi connectivity index (χ3v) is 4.13. The fourth-order valence-corrected chi connectivity index (χ4v) is 2.89. The fourth-order valence-electron chi connectivity index (χ4n) is 2.89. The number of fused-ring (bicyclic) bond motifs is 1. The second-order valence-corrected chi connectivity index (χ2v) is 7.71. The second-order valence-electron chi connectivity index (χ2n) is 7.71. The Balaban J connectivity index is 0.000000668. The zero-order chi connectivity index (χ0) is 23.3. The smallest absolute Gasteiger partial charge is 0.421 e. The van der Waals surface area contributed by atoms with E-state index < -0.39 is 12.7 Å².